The zero-order valence-electron chi connectivity index (χ0n) is 11.2. The molecule has 0 saturated heterocycles. The Kier molecular flexibility index (Phi) is 5.78. The summed E-state index contributed by atoms with van der Waals surface area (Å²) >= 11 is 11.7. The van der Waals surface area contributed by atoms with Crippen LogP contribution in [0.2, 0.25) is 10.0 Å². The van der Waals surface area contributed by atoms with Crippen molar-refractivity contribution in [1.29, 1.82) is 0 Å². The quantitative estimate of drug-likeness (QED) is 0.646. The Balaban J connectivity index is 1.82. The minimum absolute atomic E-state index is 0.305. The monoisotopic (exact) mass is 320 g/mol. The highest BCUT2D eigenvalue weighted by molar-refractivity contribution is 6.36. The van der Waals surface area contributed by atoms with Gasteiger partial charge < -0.3 is 0 Å². The second-order valence-corrected chi connectivity index (χ2v) is 5.24. The molecule has 1 N–H and O–H groups in total. The Bertz CT molecular complexity index is 642. The number of carbonyl (C=O) groups excluding carboxylic acids is 1. The van der Waals surface area contributed by atoms with Gasteiger partial charge in [-0.3, -0.25) is 4.79 Å². The summed E-state index contributed by atoms with van der Waals surface area (Å²) in [4.78, 5) is 11.9. The van der Waals surface area contributed by atoms with E-state index in [1.165, 1.54) is 11.6 Å². The van der Waals surface area contributed by atoms with Crippen molar-refractivity contribution < 1.29 is 4.79 Å². The molecule has 0 atom stereocenters. The van der Waals surface area contributed by atoms with Crippen molar-refractivity contribution in [2.24, 2.45) is 5.10 Å². The third-order valence-corrected chi connectivity index (χ3v) is 3.39. The highest BCUT2D eigenvalue weighted by Crippen LogP contribution is 2.20. The lowest BCUT2D eigenvalue weighted by Crippen LogP contribution is -2.17. The smallest absolute Gasteiger partial charge is 0.267 e. The highest BCUT2D eigenvalue weighted by Gasteiger charge is 2.09. The van der Waals surface area contributed by atoms with Crippen molar-refractivity contribution >= 4 is 35.3 Å². The summed E-state index contributed by atoms with van der Waals surface area (Å²) < 4.78 is 0. The van der Waals surface area contributed by atoms with Crippen LogP contribution < -0.4 is 5.43 Å². The first-order valence-electron chi connectivity index (χ1n) is 6.47. The van der Waals surface area contributed by atoms with Gasteiger partial charge in [0.15, 0.2) is 0 Å². The number of rotatable bonds is 5. The largest absolute Gasteiger partial charge is 0.272 e. The molecule has 2 rings (SSSR count). The third-order valence-electron chi connectivity index (χ3n) is 2.84. The van der Waals surface area contributed by atoms with Crippen LogP contribution in [0.25, 0.3) is 0 Å². The molecular formula is C16H14Cl2N2O. The summed E-state index contributed by atoms with van der Waals surface area (Å²) in [6, 6.07) is 14.8. The molecule has 21 heavy (non-hydrogen) atoms. The van der Waals surface area contributed by atoms with Crippen molar-refractivity contribution in [3.05, 3.63) is 69.7 Å². The first kappa shape index (κ1) is 15.5. The Morgan fingerprint density at radius 2 is 1.90 bits per heavy atom. The molecule has 2 aromatic carbocycles. The first-order valence-corrected chi connectivity index (χ1v) is 7.23. The minimum atomic E-state index is -0.354. The molecule has 2 aromatic rings. The number of benzene rings is 2. The van der Waals surface area contributed by atoms with Gasteiger partial charge in [0.05, 0.1) is 10.6 Å². The van der Waals surface area contributed by atoms with Gasteiger partial charge in [0, 0.05) is 11.2 Å². The van der Waals surface area contributed by atoms with Crippen molar-refractivity contribution in [1.82, 2.24) is 5.43 Å². The molecule has 0 fully saturated rings. The Labute approximate surface area is 133 Å². The molecule has 0 bridgehead atoms. The van der Waals surface area contributed by atoms with Crippen LogP contribution in [-0.4, -0.2) is 12.1 Å². The molecule has 0 aliphatic rings. The van der Waals surface area contributed by atoms with Crippen LogP contribution >= 0.6 is 23.2 Å². The van der Waals surface area contributed by atoms with Gasteiger partial charge >= 0.3 is 0 Å². The second-order valence-electron chi connectivity index (χ2n) is 4.40. The fourth-order valence-corrected chi connectivity index (χ4v) is 2.27. The number of nitrogens with zero attached hydrogens (tertiary/aromatic N) is 1. The molecular weight excluding hydrogens is 307 g/mol. The number of hydrazone groups is 1. The lowest BCUT2D eigenvalue weighted by Gasteiger charge is -2.02. The van der Waals surface area contributed by atoms with Crippen LogP contribution in [-0.2, 0) is 6.42 Å². The predicted octanol–water partition coefficient (Wildman–Crippen LogP) is 4.34. The lowest BCUT2D eigenvalue weighted by atomic mass is 10.1. The minimum Gasteiger partial charge on any atom is -0.267 e. The molecule has 5 heteroatoms. The Hall–Kier alpha value is -1.84. The van der Waals surface area contributed by atoms with Crippen LogP contribution in [0, 0.1) is 0 Å². The molecule has 1 amide bonds. The number of aryl methyl sites for hydroxylation is 1. The molecule has 0 spiro atoms. The molecule has 0 radical (unpaired) electrons. The third kappa shape index (κ3) is 4.88. The van der Waals surface area contributed by atoms with Crippen LogP contribution in [0.15, 0.2) is 53.6 Å². The van der Waals surface area contributed by atoms with E-state index >= 15 is 0 Å². The molecule has 3 nitrogen and oxygen atoms in total. The van der Waals surface area contributed by atoms with Crippen LogP contribution in [0.5, 0.6) is 0 Å². The predicted molar refractivity (Wildman–Crippen MR) is 87.2 cm³/mol. The first-order chi connectivity index (χ1) is 10.2. The van der Waals surface area contributed by atoms with Gasteiger partial charge in [-0.05, 0) is 36.6 Å². The number of hydrogen-bond acceptors (Lipinski definition) is 2. The van der Waals surface area contributed by atoms with E-state index in [0.29, 0.717) is 15.6 Å². The van der Waals surface area contributed by atoms with E-state index in [1.54, 1.807) is 18.3 Å². The lowest BCUT2D eigenvalue weighted by molar-refractivity contribution is 0.0955. The number of amides is 1. The maximum atomic E-state index is 11.9. The average Bonchev–Trinajstić information content (AvgIpc) is 2.47. The van der Waals surface area contributed by atoms with Crippen LogP contribution in [0.1, 0.15) is 22.3 Å². The van der Waals surface area contributed by atoms with E-state index < -0.39 is 0 Å². The zero-order chi connectivity index (χ0) is 15.1. The summed E-state index contributed by atoms with van der Waals surface area (Å²) in [5.41, 5.74) is 4.03. The summed E-state index contributed by atoms with van der Waals surface area (Å²) in [5, 5.41) is 4.70. The SMILES string of the molecule is O=C(N/N=C/CCc1ccccc1)c1ccc(Cl)cc1Cl. The normalized spacial score (nSPS) is 10.8. The van der Waals surface area contributed by atoms with E-state index in [0.717, 1.165) is 12.8 Å². The maximum Gasteiger partial charge on any atom is 0.272 e. The van der Waals surface area contributed by atoms with Gasteiger partial charge in [0.2, 0.25) is 0 Å². The van der Waals surface area contributed by atoms with Gasteiger partial charge in [-0.15, -0.1) is 0 Å². The van der Waals surface area contributed by atoms with Crippen molar-refractivity contribution in [3.8, 4) is 0 Å². The molecule has 0 aromatic heterocycles. The molecule has 0 aliphatic heterocycles. The Morgan fingerprint density at radius 1 is 1.14 bits per heavy atom. The van der Waals surface area contributed by atoms with E-state index in [4.69, 9.17) is 23.2 Å². The molecule has 108 valence electrons. The van der Waals surface area contributed by atoms with E-state index in [2.05, 4.69) is 22.7 Å². The van der Waals surface area contributed by atoms with Crippen molar-refractivity contribution in [2.45, 2.75) is 12.8 Å². The Morgan fingerprint density at radius 3 is 2.62 bits per heavy atom. The highest BCUT2D eigenvalue weighted by atomic mass is 35.5. The van der Waals surface area contributed by atoms with Gasteiger partial charge in [0.25, 0.3) is 5.91 Å². The summed E-state index contributed by atoms with van der Waals surface area (Å²) in [7, 11) is 0. The number of hydrogen-bond donors (Lipinski definition) is 1. The average molecular weight is 321 g/mol. The number of nitrogens with one attached hydrogen (secondary N) is 1. The maximum absolute atomic E-state index is 11.9. The fourth-order valence-electron chi connectivity index (χ4n) is 1.78. The standard InChI is InChI=1S/C16H14Cl2N2O/c17-13-8-9-14(15(18)11-13)16(21)20-19-10-4-7-12-5-2-1-3-6-12/h1-3,5-6,8-11H,4,7H2,(H,20,21)/b19-10+. The summed E-state index contributed by atoms with van der Waals surface area (Å²) in [5.74, 6) is -0.354. The molecule has 0 aliphatic carbocycles. The van der Waals surface area contributed by atoms with Crippen molar-refractivity contribution in [3.63, 3.8) is 0 Å². The van der Waals surface area contributed by atoms with E-state index in [1.807, 2.05) is 18.2 Å². The summed E-state index contributed by atoms with van der Waals surface area (Å²) in [6.07, 6.45) is 3.30. The molecule has 0 saturated carbocycles. The van der Waals surface area contributed by atoms with E-state index in [-0.39, 0.29) is 5.91 Å². The van der Waals surface area contributed by atoms with E-state index in [9.17, 15) is 4.79 Å². The number of carbonyl (C=O) groups is 1. The molecule has 0 unspecified atom stereocenters. The zero-order valence-corrected chi connectivity index (χ0v) is 12.7. The van der Waals surface area contributed by atoms with Crippen molar-refractivity contribution in [2.75, 3.05) is 0 Å². The van der Waals surface area contributed by atoms with Crippen LogP contribution in [0.3, 0.4) is 0 Å². The second kappa shape index (κ2) is 7.81. The van der Waals surface area contributed by atoms with Crippen LogP contribution in [0.4, 0.5) is 0 Å². The summed E-state index contributed by atoms with van der Waals surface area (Å²) in [6.45, 7) is 0. The number of halogens is 2. The van der Waals surface area contributed by atoms with Gasteiger partial charge in [-0.1, -0.05) is 53.5 Å². The van der Waals surface area contributed by atoms with Gasteiger partial charge in [0.1, 0.15) is 0 Å². The van der Waals surface area contributed by atoms with Gasteiger partial charge in [-0.2, -0.15) is 5.10 Å². The fraction of sp³-hybridized carbons (Fsp3) is 0.125. The topological polar surface area (TPSA) is 41.5 Å². The van der Waals surface area contributed by atoms with Gasteiger partial charge in [-0.25, -0.2) is 5.43 Å². The molecule has 0 heterocycles.